The van der Waals surface area contributed by atoms with E-state index in [2.05, 4.69) is 5.32 Å². The lowest BCUT2D eigenvalue weighted by atomic mass is 10.2. The second kappa shape index (κ2) is 11.7. The van der Waals surface area contributed by atoms with Crippen LogP contribution in [0.4, 0.5) is 5.69 Å². The third-order valence-electron chi connectivity index (χ3n) is 4.15. The van der Waals surface area contributed by atoms with Crippen molar-refractivity contribution in [3.8, 4) is 11.5 Å². The van der Waals surface area contributed by atoms with Gasteiger partial charge < -0.3 is 19.5 Å². The van der Waals surface area contributed by atoms with Crippen molar-refractivity contribution in [3.63, 3.8) is 0 Å². The predicted molar refractivity (Wildman–Crippen MR) is 121 cm³/mol. The molecule has 0 radical (unpaired) electrons. The first-order valence-corrected chi connectivity index (χ1v) is 10.6. The van der Waals surface area contributed by atoms with Crippen LogP contribution in [0.15, 0.2) is 83.8 Å². The molecule has 3 rings (SSSR count). The molecular weight excluding hydrogens is 414 g/mol. The average molecular weight is 438 g/mol. The Morgan fingerprint density at radius 2 is 1.61 bits per heavy atom. The predicted octanol–water partition coefficient (Wildman–Crippen LogP) is 4.66. The molecule has 1 amide bonds. The summed E-state index contributed by atoms with van der Waals surface area (Å²) in [6.07, 6.45) is 0. The summed E-state index contributed by atoms with van der Waals surface area (Å²) in [6.45, 7) is 0.386. The number of thioether (sulfide) groups is 1. The maximum atomic E-state index is 12.5. The van der Waals surface area contributed by atoms with Gasteiger partial charge >= 0.3 is 5.97 Å². The van der Waals surface area contributed by atoms with E-state index < -0.39 is 5.97 Å². The van der Waals surface area contributed by atoms with Crippen molar-refractivity contribution in [3.05, 3.63) is 84.4 Å². The summed E-state index contributed by atoms with van der Waals surface area (Å²) >= 11 is 1.27. The number of ether oxygens (including phenoxy) is 3. The Morgan fingerprint density at radius 3 is 2.42 bits per heavy atom. The van der Waals surface area contributed by atoms with Gasteiger partial charge in [-0.3, -0.25) is 4.79 Å². The lowest BCUT2D eigenvalue weighted by Gasteiger charge is -2.11. The average Bonchev–Trinajstić information content (AvgIpc) is 2.81. The van der Waals surface area contributed by atoms with Gasteiger partial charge in [0.2, 0.25) is 5.91 Å². The Labute approximate surface area is 185 Å². The third kappa shape index (κ3) is 7.08. The van der Waals surface area contributed by atoms with Crippen LogP contribution in [0.2, 0.25) is 0 Å². The highest BCUT2D eigenvalue weighted by atomic mass is 32.2. The molecule has 0 aliphatic carbocycles. The van der Waals surface area contributed by atoms with Crippen LogP contribution < -0.4 is 14.8 Å². The van der Waals surface area contributed by atoms with Crippen LogP contribution in [0, 0.1) is 0 Å². The zero-order chi connectivity index (χ0) is 21.9. The molecule has 0 aliphatic rings. The minimum absolute atomic E-state index is 0.128. The van der Waals surface area contributed by atoms with Crippen molar-refractivity contribution >= 4 is 29.3 Å². The fourth-order valence-corrected chi connectivity index (χ4v) is 3.53. The van der Waals surface area contributed by atoms with Gasteiger partial charge in [0.05, 0.1) is 18.4 Å². The van der Waals surface area contributed by atoms with Crippen LogP contribution in [0.1, 0.15) is 10.4 Å². The highest BCUT2D eigenvalue weighted by Crippen LogP contribution is 2.24. The van der Waals surface area contributed by atoms with Crippen molar-refractivity contribution in [2.24, 2.45) is 0 Å². The zero-order valence-corrected chi connectivity index (χ0v) is 17.9. The van der Waals surface area contributed by atoms with Crippen LogP contribution in [0.3, 0.4) is 0 Å². The summed E-state index contributed by atoms with van der Waals surface area (Å²) in [5, 5.41) is 2.82. The van der Waals surface area contributed by atoms with Gasteiger partial charge in [-0.25, -0.2) is 4.79 Å². The Morgan fingerprint density at radius 1 is 0.871 bits per heavy atom. The molecule has 3 aromatic carbocycles. The van der Waals surface area contributed by atoms with Crippen molar-refractivity contribution in [2.75, 3.05) is 31.4 Å². The highest BCUT2D eigenvalue weighted by molar-refractivity contribution is 8.00. The third-order valence-corrected chi connectivity index (χ3v) is 5.22. The number of amides is 1. The quantitative estimate of drug-likeness (QED) is 0.282. The van der Waals surface area contributed by atoms with E-state index in [0.717, 1.165) is 5.75 Å². The van der Waals surface area contributed by atoms with Gasteiger partial charge in [-0.2, -0.15) is 0 Å². The van der Waals surface area contributed by atoms with Crippen molar-refractivity contribution in [2.45, 2.75) is 4.90 Å². The molecule has 7 heteroatoms. The zero-order valence-electron chi connectivity index (χ0n) is 17.1. The molecule has 6 nitrogen and oxygen atoms in total. The Bertz CT molecular complexity index is 1010. The van der Waals surface area contributed by atoms with E-state index in [0.29, 0.717) is 21.9 Å². The lowest BCUT2D eigenvalue weighted by Crippen LogP contribution is -2.15. The summed E-state index contributed by atoms with van der Waals surface area (Å²) < 4.78 is 16.0. The van der Waals surface area contributed by atoms with Crippen molar-refractivity contribution in [1.82, 2.24) is 0 Å². The maximum absolute atomic E-state index is 12.5. The molecule has 0 saturated carbocycles. The summed E-state index contributed by atoms with van der Waals surface area (Å²) in [6, 6.07) is 23.5. The number of benzene rings is 3. The summed E-state index contributed by atoms with van der Waals surface area (Å²) in [5.41, 5.74) is 1.07. The number of carbonyl (C=O) groups excluding carboxylic acids is 2. The Hall–Kier alpha value is -3.45. The molecule has 160 valence electrons. The molecule has 0 spiro atoms. The molecule has 0 heterocycles. The molecule has 3 aromatic rings. The number of hydrogen-bond acceptors (Lipinski definition) is 6. The van der Waals surface area contributed by atoms with Gasteiger partial charge in [-0.1, -0.05) is 36.4 Å². The molecule has 1 N–H and O–H groups in total. The van der Waals surface area contributed by atoms with Crippen LogP contribution in [0.5, 0.6) is 11.5 Å². The Balaban J connectivity index is 1.49. The monoisotopic (exact) mass is 437 g/mol. The second-order valence-corrected chi connectivity index (χ2v) is 7.38. The number of rotatable bonds is 10. The highest BCUT2D eigenvalue weighted by Gasteiger charge is 2.14. The molecule has 0 aliphatic heterocycles. The molecule has 0 saturated heterocycles. The van der Waals surface area contributed by atoms with Gasteiger partial charge in [-0.05, 0) is 36.4 Å². The van der Waals surface area contributed by atoms with Crippen LogP contribution in [-0.2, 0) is 9.53 Å². The summed E-state index contributed by atoms with van der Waals surface area (Å²) in [5.74, 6) is 0.899. The number of nitrogens with one attached hydrogen (secondary N) is 1. The normalized spacial score (nSPS) is 10.2. The van der Waals surface area contributed by atoms with Gasteiger partial charge in [0.25, 0.3) is 0 Å². The van der Waals surface area contributed by atoms with E-state index in [4.69, 9.17) is 14.2 Å². The number of anilines is 1. The van der Waals surface area contributed by atoms with Crippen molar-refractivity contribution < 1.29 is 23.8 Å². The molecule has 0 fully saturated rings. The van der Waals surface area contributed by atoms with Gasteiger partial charge in [0, 0.05) is 16.6 Å². The first-order valence-electron chi connectivity index (χ1n) is 9.66. The first kappa shape index (κ1) is 22.2. The van der Waals surface area contributed by atoms with Gasteiger partial charge in [0.1, 0.15) is 24.7 Å². The van der Waals surface area contributed by atoms with E-state index in [9.17, 15) is 9.59 Å². The molecule has 0 atom stereocenters. The second-order valence-electron chi connectivity index (χ2n) is 6.36. The van der Waals surface area contributed by atoms with E-state index in [1.165, 1.54) is 11.8 Å². The minimum Gasteiger partial charge on any atom is -0.497 e. The molecule has 0 unspecified atom stereocenters. The number of esters is 1. The summed E-state index contributed by atoms with van der Waals surface area (Å²) in [7, 11) is 1.57. The fourth-order valence-electron chi connectivity index (χ4n) is 2.69. The molecule has 0 bridgehead atoms. The fraction of sp³-hybridized carbons (Fsp3) is 0.167. The maximum Gasteiger partial charge on any atom is 0.339 e. The first-order chi connectivity index (χ1) is 15.2. The number of carbonyl (C=O) groups is 2. The van der Waals surface area contributed by atoms with Crippen LogP contribution >= 0.6 is 11.8 Å². The lowest BCUT2D eigenvalue weighted by molar-refractivity contribution is -0.113. The van der Waals surface area contributed by atoms with E-state index in [-0.39, 0.29) is 24.9 Å². The van der Waals surface area contributed by atoms with E-state index in [1.54, 1.807) is 49.6 Å². The van der Waals surface area contributed by atoms with E-state index in [1.807, 2.05) is 36.4 Å². The summed E-state index contributed by atoms with van der Waals surface area (Å²) in [4.78, 5) is 25.5. The van der Waals surface area contributed by atoms with Gasteiger partial charge in [0.15, 0.2) is 0 Å². The number of methoxy groups -OCH3 is 1. The number of hydrogen-bond donors (Lipinski definition) is 1. The molecule has 31 heavy (non-hydrogen) atoms. The molecular formula is C24H23NO5S. The van der Waals surface area contributed by atoms with Crippen molar-refractivity contribution in [1.29, 1.82) is 0 Å². The number of para-hydroxylation sites is 1. The standard InChI is InChI=1S/C24H23NO5S/c1-28-20-11-7-8-18(16-20)25-23(26)17-31-22-13-6-5-12-21(22)24(27)30-15-14-29-19-9-3-2-4-10-19/h2-13,16H,14-15,17H2,1H3,(H,25,26). The van der Waals surface area contributed by atoms with Gasteiger partial charge in [-0.15, -0.1) is 11.8 Å². The topological polar surface area (TPSA) is 73.9 Å². The smallest absolute Gasteiger partial charge is 0.339 e. The SMILES string of the molecule is COc1cccc(NC(=O)CSc2ccccc2C(=O)OCCOc2ccccc2)c1. The minimum atomic E-state index is -0.451. The van der Waals surface area contributed by atoms with E-state index >= 15 is 0 Å². The van der Waals surface area contributed by atoms with Crippen LogP contribution in [0.25, 0.3) is 0 Å². The van der Waals surface area contributed by atoms with Crippen LogP contribution in [-0.4, -0.2) is 38.0 Å². The largest absolute Gasteiger partial charge is 0.497 e. The molecule has 0 aromatic heterocycles. The Kier molecular flexibility index (Phi) is 8.37.